The summed E-state index contributed by atoms with van der Waals surface area (Å²) in [4.78, 5) is 24.5. The van der Waals surface area contributed by atoms with Crippen LogP contribution < -0.4 is 16.3 Å². The van der Waals surface area contributed by atoms with Gasteiger partial charge in [-0.2, -0.15) is 5.10 Å². The number of nitrogens with one attached hydrogen (secondary N) is 3. The van der Waals surface area contributed by atoms with Crippen LogP contribution in [0.2, 0.25) is 0 Å². The lowest BCUT2D eigenvalue weighted by Crippen LogP contribution is -2.50. The Hall–Kier alpha value is -2.93. The standard InChI is InChI=1S/C18H19N5O2/c24-17(14-7-4-10-23-16(14)21-22-18(23)25)20-15-11-19-9-8-13(15)12-5-2-1-3-6-12/h1-7,10,13,15,19H,8-9,11H2,(H,20,24)(H,22,25)/t13-,15-/m1/s1. The summed E-state index contributed by atoms with van der Waals surface area (Å²) in [7, 11) is 0. The van der Waals surface area contributed by atoms with E-state index in [4.69, 9.17) is 0 Å². The van der Waals surface area contributed by atoms with Crippen LogP contribution in [0.25, 0.3) is 5.65 Å². The Labute approximate surface area is 144 Å². The van der Waals surface area contributed by atoms with Crippen LogP contribution in [0, 0.1) is 0 Å². The van der Waals surface area contributed by atoms with Crippen molar-refractivity contribution >= 4 is 11.6 Å². The molecule has 0 unspecified atom stereocenters. The number of hydrogen-bond acceptors (Lipinski definition) is 4. The lowest BCUT2D eigenvalue weighted by molar-refractivity contribution is 0.0925. The number of rotatable bonds is 3. The van der Waals surface area contributed by atoms with Gasteiger partial charge >= 0.3 is 5.69 Å². The molecule has 7 nitrogen and oxygen atoms in total. The summed E-state index contributed by atoms with van der Waals surface area (Å²) in [6.07, 6.45) is 2.55. The van der Waals surface area contributed by atoms with Gasteiger partial charge in [-0.15, -0.1) is 0 Å². The van der Waals surface area contributed by atoms with Crippen molar-refractivity contribution in [3.8, 4) is 0 Å². The molecule has 3 aromatic rings. The van der Waals surface area contributed by atoms with Crippen molar-refractivity contribution in [1.29, 1.82) is 0 Å². The number of nitrogens with zero attached hydrogens (tertiary/aromatic N) is 2. The van der Waals surface area contributed by atoms with Crippen LogP contribution in [-0.2, 0) is 0 Å². The van der Waals surface area contributed by atoms with Crippen molar-refractivity contribution < 1.29 is 4.79 Å². The van der Waals surface area contributed by atoms with Crippen LogP contribution in [0.1, 0.15) is 28.3 Å². The summed E-state index contributed by atoms with van der Waals surface area (Å²) in [5.41, 5.74) is 1.60. The van der Waals surface area contributed by atoms with Gasteiger partial charge in [0.25, 0.3) is 5.91 Å². The first-order chi connectivity index (χ1) is 12.2. The van der Waals surface area contributed by atoms with Crippen molar-refractivity contribution in [2.75, 3.05) is 13.1 Å². The summed E-state index contributed by atoms with van der Waals surface area (Å²) in [6.45, 7) is 1.64. The normalized spacial score (nSPS) is 20.5. The van der Waals surface area contributed by atoms with E-state index in [0.717, 1.165) is 13.0 Å². The number of piperidine rings is 1. The van der Waals surface area contributed by atoms with Crippen LogP contribution in [0.5, 0.6) is 0 Å². The summed E-state index contributed by atoms with van der Waals surface area (Å²) >= 11 is 0. The molecule has 1 saturated heterocycles. The molecule has 3 N–H and O–H groups in total. The average Bonchev–Trinajstić information content (AvgIpc) is 3.04. The van der Waals surface area contributed by atoms with E-state index in [-0.39, 0.29) is 23.6 Å². The number of aromatic nitrogens is 3. The zero-order valence-corrected chi connectivity index (χ0v) is 13.6. The molecule has 0 radical (unpaired) electrons. The average molecular weight is 337 g/mol. The van der Waals surface area contributed by atoms with Crippen molar-refractivity contribution in [2.24, 2.45) is 0 Å². The zero-order valence-electron chi connectivity index (χ0n) is 13.6. The Kier molecular flexibility index (Phi) is 4.07. The maximum absolute atomic E-state index is 12.8. The van der Waals surface area contributed by atoms with E-state index < -0.39 is 0 Å². The quantitative estimate of drug-likeness (QED) is 0.662. The zero-order chi connectivity index (χ0) is 17.2. The van der Waals surface area contributed by atoms with Crippen LogP contribution in [0.3, 0.4) is 0 Å². The number of fused-ring (bicyclic) bond motifs is 1. The van der Waals surface area contributed by atoms with Gasteiger partial charge in [-0.1, -0.05) is 30.3 Å². The predicted octanol–water partition coefficient (Wildman–Crippen LogP) is 0.898. The SMILES string of the molecule is O=C(N[C@@H]1CNCC[C@@H]1c1ccccc1)c1cccn2c(=O)[nH]nc12. The van der Waals surface area contributed by atoms with Gasteiger partial charge in [0, 0.05) is 24.7 Å². The number of carbonyl (C=O) groups is 1. The number of aromatic amines is 1. The Bertz CT molecular complexity index is 947. The van der Waals surface area contributed by atoms with E-state index in [2.05, 4.69) is 33.0 Å². The van der Waals surface area contributed by atoms with E-state index in [0.29, 0.717) is 17.8 Å². The Balaban J connectivity index is 1.61. The Morgan fingerprint density at radius 2 is 2.04 bits per heavy atom. The molecule has 7 heteroatoms. The molecule has 2 atom stereocenters. The molecule has 0 bridgehead atoms. The number of carbonyl (C=O) groups excluding carboxylic acids is 1. The third kappa shape index (κ3) is 2.94. The van der Waals surface area contributed by atoms with E-state index >= 15 is 0 Å². The van der Waals surface area contributed by atoms with Gasteiger partial charge in [0.1, 0.15) is 0 Å². The molecule has 4 rings (SSSR count). The lowest BCUT2D eigenvalue weighted by atomic mass is 9.86. The topological polar surface area (TPSA) is 91.3 Å². The van der Waals surface area contributed by atoms with Gasteiger partial charge in [0.2, 0.25) is 0 Å². The molecule has 0 saturated carbocycles. The smallest absolute Gasteiger partial charge is 0.347 e. The molecule has 3 heterocycles. The van der Waals surface area contributed by atoms with Crippen molar-refractivity contribution in [3.05, 3.63) is 70.3 Å². The fourth-order valence-electron chi connectivity index (χ4n) is 3.47. The second-order valence-corrected chi connectivity index (χ2v) is 6.23. The highest BCUT2D eigenvalue weighted by Gasteiger charge is 2.28. The van der Waals surface area contributed by atoms with Crippen LogP contribution in [0.4, 0.5) is 0 Å². The molecular weight excluding hydrogens is 318 g/mol. The summed E-state index contributed by atoms with van der Waals surface area (Å²) < 4.78 is 1.34. The molecule has 25 heavy (non-hydrogen) atoms. The molecule has 2 aromatic heterocycles. The predicted molar refractivity (Wildman–Crippen MR) is 93.7 cm³/mol. The first-order valence-electron chi connectivity index (χ1n) is 8.36. The van der Waals surface area contributed by atoms with Gasteiger partial charge in [0.05, 0.1) is 5.56 Å². The molecular formula is C18H19N5O2. The van der Waals surface area contributed by atoms with Crippen LogP contribution >= 0.6 is 0 Å². The summed E-state index contributed by atoms with van der Waals surface area (Å²) in [5.74, 6) is 0.0340. The molecule has 0 aliphatic carbocycles. The fourth-order valence-corrected chi connectivity index (χ4v) is 3.47. The maximum Gasteiger partial charge on any atom is 0.347 e. The van der Waals surface area contributed by atoms with E-state index in [1.54, 1.807) is 18.3 Å². The summed E-state index contributed by atoms with van der Waals surface area (Å²) in [6, 6.07) is 13.6. The van der Waals surface area contributed by atoms with Crippen molar-refractivity contribution in [3.63, 3.8) is 0 Å². The molecule has 1 aliphatic rings. The first kappa shape index (κ1) is 15.6. The Morgan fingerprint density at radius 3 is 2.88 bits per heavy atom. The van der Waals surface area contributed by atoms with Gasteiger partial charge in [-0.3, -0.25) is 4.79 Å². The van der Waals surface area contributed by atoms with E-state index in [9.17, 15) is 9.59 Å². The monoisotopic (exact) mass is 337 g/mol. The lowest BCUT2D eigenvalue weighted by Gasteiger charge is -2.33. The maximum atomic E-state index is 12.8. The number of benzene rings is 1. The molecule has 1 amide bonds. The Morgan fingerprint density at radius 1 is 1.20 bits per heavy atom. The molecule has 128 valence electrons. The molecule has 0 spiro atoms. The van der Waals surface area contributed by atoms with E-state index in [1.807, 2.05) is 18.2 Å². The minimum absolute atomic E-state index is 0.0189. The second-order valence-electron chi connectivity index (χ2n) is 6.23. The van der Waals surface area contributed by atoms with E-state index in [1.165, 1.54) is 9.96 Å². The van der Waals surface area contributed by atoms with Crippen molar-refractivity contribution in [2.45, 2.75) is 18.4 Å². The van der Waals surface area contributed by atoms with Crippen LogP contribution in [-0.4, -0.2) is 39.6 Å². The van der Waals surface area contributed by atoms with Gasteiger partial charge in [0.15, 0.2) is 5.65 Å². The number of pyridine rings is 1. The van der Waals surface area contributed by atoms with Gasteiger partial charge in [-0.05, 0) is 30.7 Å². The highest BCUT2D eigenvalue weighted by atomic mass is 16.2. The molecule has 1 aromatic carbocycles. The number of hydrogen-bond donors (Lipinski definition) is 3. The fraction of sp³-hybridized carbons (Fsp3) is 0.278. The number of H-pyrrole nitrogens is 1. The second kappa shape index (κ2) is 6.52. The largest absolute Gasteiger partial charge is 0.347 e. The number of amides is 1. The molecule has 1 fully saturated rings. The van der Waals surface area contributed by atoms with Gasteiger partial charge in [-0.25, -0.2) is 14.3 Å². The minimum atomic E-state index is -0.355. The third-order valence-corrected chi connectivity index (χ3v) is 4.71. The minimum Gasteiger partial charge on any atom is -0.347 e. The highest BCUT2D eigenvalue weighted by Crippen LogP contribution is 2.25. The summed E-state index contributed by atoms with van der Waals surface area (Å²) in [5, 5.41) is 12.8. The third-order valence-electron chi connectivity index (χ3n) is 4.71. The van der Waals surface area contributed by atoms with Crippen molar-refractivity contribution in [1.82, 2.24) is 25.2 Å². The molecule has 1 aliphatic heterocycles. The van der Waals surface area contributed by atoms with Crippen LogP contribution in [0.15, 0.2) is 53.5 Å². The van der Waals surface area contributed by atoms with Gasteiger partial charge < -0.3 is 10.6 Å². The highest BCUT2D eigenvalue weighted by molar-refractivity contribution is 5.99. The first-order valence-corrected chi connectivity index (χ1v) is 8.36.